The average Bonchev–Trinajstić information content (AvgIpc) is 2.74. The van der Waals surface area contributed by atoms with E-state index in [0.29, 0.717) is 15.9 Å². The quantitative estimate of drug-likeness (QED) is 0.518. The molecule has 0 N–H and O–H groups in total. The van der Waals surface area contributed by atoms with Crippen molar-refractivity contribution in [2.75, 3.05) is 0 Å². The van der Waals surface area contributed by atoms with E-state index in [1.807, 2.05) is 0 Å². The van der Waals surface area contributed by atoms with Gasteiger partial charge < -0.3 is 12.6 Å². The maximum absolute atomic E-state index is 12.5. The van der Waals surface area contributed by atoms with Crippen LogP contribution in [-0.2, 0) is 25.5 Å². The summed E-state index contributed by atoms with van der Waals surface area (Å²) in [6.07, 6.45) is 5.37. The van der Waals surface area contributed by atoms with E-state index < -0.39 is 0 Å². The topological polar surface area (TPSA) is 47.8 Å². The zero-order chi connectivity index (χ0) is 13.4. The van der Waals surface area contributed by atoms with Gasteiger partial charge in [-0.2, -0.15) is 0 Å². The smallest absolute Gasteiger partial charge is 0.742 e. The van der Waals surface area contributed by atoms with Gasteiger partial charge in [-0.3, -0.25) is 14.3 Å². The van der Waals surface area contributed by atoms with Gasteiger partial charge in [-0.05, 0) is 43.0 Å². The Kier molecular flexibility index (Phi) is 5.76. The first kappa shape index (κ1) is 16.5. The zero-order valence-electron chi connectivity index (χ0n) is 11.1. The number of aromatic nitrogens is 3. The van der Waals surface area contributed by atoms with Crippen LogP contribution >= 0.6 is 11.6 Å². The van der Waals surface area contributed by atoms with Crippen LogP contribution in [0.4, 0.5) is 0 Å². The third-order valence-electron chi connectivity index (χ3n) is 3.25. The minimum Gasteiger partial charge on any atom is -0.742 e. The van der Waals surface area contributed by atoms with Gasteiger partial charge in [0.25, 0.3) is 5.91 Å². The maximum Gasteiger partial charge on any atom is 1.00 e. The molecular formula is C13H11ClKN3OS. The van der Waals surface area contributed by atoms with Gasteiger partial charge in [0.1, 0.15) is 5.69 Å². The fraction of sp³-hybridized carbons (Fsp3) is 0.308. The molecule has 1 aliphatic carbocycles. The van der Waals surface area contributed by atoms with Gasteiger partial charge in [0.2, 0.25) is 0 Å². The largest absolute Gasteiger partial charge is 1.00 e. The van der Waals surface area contributed by atoms with Crippen molar-refractivity contribution in [1.82, 2.24) is 14.5 Å². The van der Waals surface area contributed by atoms with Crippen LogP contribution < -0.4 is 51.4 Å². The molecule has 0 bridgehead atoms. The van der Waals surface area contributed by atoms with Crippen molar-refractivity contribution in [2.45, 2.75) is 30.8 Å². The molecule has 0 saturated heterocycles. The summed E-state index contributed by atoms with van der Waals surface area (Å²) >= 11 is 11.0. The summed E-state index contributed by atoms with van der Waals surface area (Å²) in [6.45, 7) is 0. The van der Waals surface area contributed by atoms with E-state index in [4.69, 9.17) is 24.2 Å². The average molecular weight is 332 g/mol. The Morgan fingerprint density at radius 1 is 1.30 bits per heavy atom. The van der Waals surface area contributed by atoms with Crippen molar-refractivity contribution >= 4 is 30.1 Å². The molecule has 0 amide bonds. The summed E-state index contributed by atoms with van der Waals surface area (Å²) in [4.78, 5) is 20.8. The summed E-state index contributed by atoms with van der Waals surface area (Å²) in [5.74, 6) is -0.225. The number of imidazole rings is 1. The summed E-state index contributed by atoms with van der Waals surface area (Å²) in [6, 6.07) is 3.25. The van der Waals surface area contributed by atoms with E-state index >= 15 is 0 Å². The molecule has 0 unspecified atom stereocenters. The van der Waals surface area contributed by atoms with Gasteiger partial charge >= 0.3 is 51.4 Å². The van der Waals surface area contributed by atoms with Crippen LogP contribution in [0.15, 0.2) is 23.5 Å². The van der Waals surface area contributed by atoms with E-state index in [9.17, 15) is 4.79 Å². The number of carbonyl (C=O) groups is 1. The summed E-state index contributed by atoms with van der Waals surface area (Å²) in [7, 11) is 0. The van der Waals surface area contributed by atoms with Gasteiger partial charge in [0.15, 0.2) is 0 Å². The van der Waals surface area contributed by atoms with E-state index in [-0.39, 0.29) is 57.3 Å². The molecule has 0 aliphatic heterocycles. The molecule has 2 aromatic heterocycles. The van der Waals surface area contributed by atoms with Gasteiger partial charge in [-0.25, -0.2) is 4.98 Å². The first-order valence-electron chi connectivity index (χ1n) is 6.10. The summed E-state index contributed by atoms with van der Waals surface area (Å²) < 4.78 is 1.51. The van der Waals surface area contributed by atoms with Crippen molar-refractivity contribution in [3.05, 3.63) is 40.4 Å². The number of halogens is 1. The fourth-order valence-corrected chi connectivity index (χ4v) is 2.76. The van der Waals surface area contributed by atoms with Crippen LogP contribution in [0.25, 0.3) is 0 Å². The molecule has 0 fully saturated rings. The SMILES string of the molecule is O=C(c1ccc(Cl)cn1)n1c([S-])nc2c1CCCC2.[K+]. The molecule has 4 nitrogen and oxygen atoms in total. The molecule has 98 valence electrons. The second kappa shape index (κ2) is 6.96. The molecule has 0 saturated carbocycles. The Morgan fingerprint density at radius 2 is 2.05 bits per heavy atom. The number of hydrogen-bond donors (Lipinski definition) is 0. The Labute approximate surface area is 170 Å². The molecule has 3 rings (SSSR count). The number of aryl methyl sites for hydroxylation is 1. The minimum absolute atomic E-state index is 0. The molecule has 0 aromatic carbocycles. The number of hydrogen-bond acceptors (Lipinski definition) is 4. The fourth-order valence-electron chi connectivity index (χ4n) is 2.34. The Morgan fingerprint density at radius 3 is 2.75 bits per heavy atom. The van der Waals surface area contributed by atoms with E-state index in [1.54, 1.807) is 12.1 Å². The molecule has 1 aliphatic rings. The Hall–Kier alpha value is 0.176. The second-order valence-electron chi connectivity index (χ2n) is 4.50. The van der Waals surface area contributed by atoms with E-state index in [0.717, 1.165) is 37.1 Å². The number of carbonyl (C=O) groups excluding carboxylic acids is 1. The molecule has 20 heavy (non-hydrogen) atoms. The second-order valence-corrected chi connectivity index (χ2v) is 5.30. The van der Waals surface area contributed by atoms with Crippen molar-refractivity contribution in [3.63, 3.8) is 0 Å². The molecular weight excluding hydrogens is 321 g/mol. The minimum atomic E-state index is -0.225. The predicted molar refractivity (Wildman–Crippen MR) is 73.5 cm³/mol. The van der Waals surface area contributed by atoms with Crippen LogP contribution in [-0.4, -0.2) is 20.4 Å². The van der Waals surface area contributed by atoms with Crippen molar-refractivity contribution < 1.29 is 56.2 Å². The van der Waals surface area contributed by atoms with Crippen LogP contribution in [0, 0.1) is 0 Å². The van der Waals surface area contributed by atoms with Crippen molar-refractivity contribution in [2.24, 2.45) is 0 Å². The molecule has 2 heterocycles. The van der Waals surface area contributed by atoms with Crippen LogP contribution in [0.5, 0.6) is 0 Å². The maximum atomic E-state index is 12.5. The number of pyridine rings is 1. The summed E-state index contributed by atoms with van der Waals surface area (Å²) in [5.41, 5.74) is 2.23. The standard InChI is InChI=1S/C13H12ClN3OS.K/c14-8-5-6-10(15-7-8)12(18)17-11-4-2-1-3-9(11)16-13(17)19;/h5-7H,1-4H2,(H,16,19);/q;+1/p-1. The Bertz CT molecular complexity index is 642. The number of nitrogens with zero attached hydrogens (tertiary/aromatic N) is 3. The molecule has 2 aromatic rings. The van der Waals surface area contributed by atoms with Crippen molar-refractivity contribution in [3.8, 4) is 0 Å². The number of fused-ring (bicyclic) bond motifs is 1. The molecule has 0 radical (unpaired) electrons. The van der Waals surface area contributed by atoms with Crippen LogP contribution in [0.1, 0.15) is 34.7 Å². The predicted octanol–water partition coefficient (Wildman–Crippen LogP) is -0.591. The first-order valence-corrected chi connectivity index (χ1v) is 6.89. The van der Waals surface area contributed by atoms with E-state index in [1.165, 1.54) is 10.8 Å². The van der Waals surface area contributed by atoms with Gasteiger partial charge in [0.05, 0.1) is 10.7 Å². The third-order valence-corrected chi connectivity index (χ3v) is 3.75. The van der Waals surface area contributed by atoms with E-state index in [2.05, 4.69) is 9.97 Å². The molecule has 0 atom stereocenters. The van der Waals surface area contributed by atoms with Gasteiger partial charge in [0, 0.05) is 11.9 Å². The van der Waals surface area contributed by atoms with Crippen molar-refractivity contribution in [1.29, 1.82) is 0 Å². The summed E-state index contributed by atoms with van der Waals surface area (Å²) in [5, 5.41) is 0.830. The monoisotopic (exact) mass is 331 g/mol. The Balaban J connectivity index is 0.00000147. The van der Waals surface area contributed by atoms with Gasteiger partial charge in [-0.1, -0.05) is 11.6 Å². The van der Waals surface area contributed by atoms with Gasteiger partial charge in [-0.15, -0.1) is 0 Å². The number of rotatable bonds is 1. The third kappa shape index (κ3) is 3.16. The molecule has 7 heteroatoms. The normalized spacial score (nSPS) is 13.4. The first-order chi connectivity index (χ1) is 9.16. The molecule has 0 spiro atoms. The zero-order valence-corrected chi connectivity index (χ0v) is 15.8. The van der Waals surface area contributed by atoms with Crippen LogP contribution in [0.2, 0.25) is 5.02 Å². The van der Waals surface area contributed by atoms with Crippen LogP contribution in [0.3, 0.4) is 0 Å².